The van der Waals surface area contributed by atoms with Crippen molar-refractivity contribution in [2.24, 2.45) is 0 Å². The normalized spacial score (nSPS) is 14.8. The molecule has 116 valence electrons. The van der Waals surface area contributed by atoms with Crippen molar-refractivity contribution < 1.29 is 18.0 Å². The third kappa shape index (κ3) is 2.52. The first-order chi connectivity index (χ1) is 10.4. The van der Waals surface area contributed by atoms with E-state index in [2.05, 4.69) is 15.2 Å². The Bertz CT molecular complexity index is 730. The second kappa shape index (κ2) is 5.24. The number of fused-ring (bicyclic) bond motifs is 1. The molecule has 3 heterocycles. The molecule has 0 N–H and O–H groups in total. The van der Waals surface area contributed by atoms with Crippen LogP contribution < -0.4 is 0 Å². The zero-order valence-corrected chi connectivity index (χ0v) is 11.8. The van der Waals surface area contributed by atoms with Gasteiger partial charge in [0.2, 0.25) is 5.82 Å². The first-order valence-corrected chi connectivity index (χ1v) is 6.64. The first-order valence-electron chi connectivity index (χ1n) is 6.26. The van der Waals surface area contributed by atoms with E-state index in [1.165, 1.54) is 23.4 Å². The predicted octanol–water partition coefficient (Wildman–Crippen LogP) is 2.00. The number of amides is 1. The standard InChI is InChI=1S/C12H9ClF3N5O/c13-8-5-17-2-1-7(8)10(22)20-3-4-21-9(6-20)18-19-11(21)12(14,15)16/h1-2,5H,3-4,6H2. The van der Waals surface area contributed by atoms with Crippen LogP contribution in [0.25, 0.3) is 0 Å². The summed E-state index contributed by atoms with van der Waals surface area (Å²) in [6.07, 6.45) is -1.80. The van der Waals surface area contributed by atoms with E-state index >= 15 is 0 Å². The van der Waals surface area contributed by atoms with Gasteiger partial charge in [-0.25, -0.2) is 0 Å². The topological polar surface area (TPSA) is 63.9 Å². The highest BCUT2D eigenvalue weighted by atomic mass is 35.5. The van der Waals surface area contributed by atoms with Gasteiger partial charge in [-0.1, -0.05) is 11.6 Å². The first kappa shape index (κ1) is 14.8. The molecule has 3 rings (SSSR count). The van der Waals surface area contributed by atoms with Crippen molar-refractivity contribution in [3.8, 4) is 0 Å². The molecule has 0 atom stereocenters. The molecule has 1 amide bonds. The molecule has 1 aliphatic heterocycles. The average molecular weight is 332 g/mol. The quantitative estimate of drug-likeness (QED) is 0.802. The van der Waals surface area contributed by atoms with Gasteiger partial charge in [-0.05, 0) is 6.07 Å². The van der Waals surface area contributed by atoms with Crippen molar-refractivity contribution in [3.05, 3.63) is 40.7 Å². The number of alkyl halides is 3. The lowest BCUT2D eigenvalue weighted by Crippen LogP contribution is -2.39. The maximum atomic E-state index is 12.8. The van der Waals surface area contributed by atoms with Gasteiger partial charge in [0.05, 0.1) is 17.1 Å². The maximum absolute atomic E-state index is 12.8. The van der Waals surface area contributed by atoms with E-state index < -0.39 is 12.0 Å². The molecular formula is C12H9ClF3N5O. The monoisotopic (exact) mass is 331 g/mol. The van der Waals surface area contributed by atoms with Gasteiger partial charge in [-0.2, -0.15) is 13.2 Å². The van der Waals surface area contributed by atoms with Crippen molar-refractivity contribution in [3.63, 3.8) is 0 Å². The fourth-order valence-corrected chi connectivity index (χ4v) is 2.46. The zero-order valence-electron chi connectivity index (χ0n) is 11.0. The highest BCUT2D eigenvalue weighted by molar-refractivity contribution is 6.33. The summed E-state index contributed by atoms with van der Waals surface area (Å²) < 4.78 is 39.2. The van der Waals surface area contributed by atoms with Gasteiger partial charge in [0, 0.05) is 25.5 Å². The minimum absolute atomic E-state index is 0.0222. The van der Waals surface area contributed by atoms with Gasteiger partial charge >= 0.3 is 6.18 Å². The number of hydrogen-bond donors (Lipinski definition) is 0. The Balaban J connectivity index is 1.85. The second-order valence-electron chi connectivity index (χ2n) is 4.67. The van der Waals surface area contributed by atoms with Crippen LogP contribution >= 0.6 is 11.6 Å². The van der Waals surface area contributed by atoms with Gasteiger partial charge in [0.15, 0.2) is 5.82 Å². The van der Waals surface area contributed by atoms with Gasteiger partial charge in [-0.15, -0.1) is 10.2 Å². The van der Waals surface area contributed by atoms with E-state index in [1.54, 1.807) is 0 Å². The van der Waals surface area contributed by atoms with Crippen LogP contribution in [0.4, 0.5) is 13.2 Å². The molecule has 0 unspecified atom stereocenters. The third-order valence-corrected chi connectivity index (χ3v) is 3.60. The minimum Gasteiger partial charge on any atom is -0.329 e. The number of nitrogens with zero attached hydrogens (tertiary/aromatic N) is 5. The van der Waals surface area contributed by atoms with E-state index in [0.717, 1.165) is 4.57 Å². The largest absolute Gasteiger partial charge is 0.451 e. The number of halogens is 4. The fourth-order valence-electron chi connectivity index (χ4n) is 2.26. The predicted molar refractivity (Wildman–Crippen MR) is 69.0 cm³/mol. The van der Waals surface area contributed by atoms with Crippen molar-refractivity contribution >= 4 is 17.5 Å². The SMILES string of the molecule is O=C(c1ccncc1Cl)N1CCn2c(nnc2C(F)(F)F)C1. The number of carbonyl (C=O) groups excluding carboxylic acids is 1. The van der Waals surface area contributed by atoms with E-state index in [4.69, 9.17) is 11.6 Å². The van der Waals surface area contributed by atoms with Gasteiger partial charge in [-0.3, -0.25) is 9.78 Å². The highest BCUT2D eigenvalue weighted by Gasteiger charge is 2.40. The lowest BCUT2D eigenvalue weighted by molar-refractivity contribution is -0.147. The number of pyridine rings is 1. The number of carbonyl (C=O) groups is 1. The Labute approximate surface area is 127 Å². The summed E-state index contributed by atoms with van der Waals surface area (Å²) in [5.74, 6) is -1.33. The maximum Gasteiger partial charge on any atom is 0.451 e. The van der Waals surface area contributed by atoms with E-state index in [0.29, 0.717) is 0 Å². The number of rotatable bonds is 1. The molecule has 0 bridgehead atoms. The summed E-state index contributed by atoms with van der Waals surface area (Å²) >= 11 is 5.91. The smallest absolute Gasteiger partial charge is 0.329 e. The summed E-state index contributed by atoms with van der Waals surface area (Å²) in [6.45, 7) is 0.0395. The molecule has 22 heavy (non-hydrogen) atoms. The van der Waals surface area contributed by atoms with Crippen molar-refractivity contribution in [2.75, 3.05) is 6.54 Å². The molecule has 0 fully saturated rings. The molecule has 2 aromatic rings. The summed E-state index contributed by atoms with van der Waals surface area (Å²) in [5.41, 5.74) is 0.251. The van der Waals surface area contributed by atoms with Crippen LogP contribution in [-0.2, 0) is 19.3 Å². The molecule has 0 radical (unpaired) electrons. The van der Waals surface area contributed by atoms with Crippen LogP contribution in [0.5, 0.6) is 0 Å². The van der Waals surface area contributed by atoms with Crippen molar-refractivity contribution in [1.29, 1.82) is 0 Å². The number of aromatic nitrogens is 4. The summed E-state index contributed by atoms with van der Waals surface area (Å²) in [7, 11) is 0. The van der Waals surface area contributed by atoms with Gasteiger partial charge in [0.1, 0.15) is 0 Å². The molecule has 0 saturated heterocycles. The summed E-state index contributed by atoms with van der Waals surface area (Å²) in [5, 5.41) is 6.88. The average Bonchev–Trinajstić information content (AvgIpc) is 2.90. The molecular weight excluding hydrogens is 323 g/mol. The lowest BCUT2D eigenvalue weighted by Gasteiger charge is -2.28. The Hall–Kier alpha value is -2.16. The Morgan fingerprint density at radius 3 is 2.73 bits per heavy atom. The molecule has 0 spiro atoms. The Morgan fingerprint density at radius 1 is 1.27 bits per heavy atom. The number of hydrogen-bond acceptors (Lipinski definition) is 4. The fraction of sp³-hybridized carbons (Fsp3) is 0.333. The third-order valence-electron chi connectivity index (χ3n) is 3.30. The molecule has 0 aliphatic carbocycles. The Kier molecular flexibility index (Phi) is 3.51. The van der Waals surface area contributed by atoms with Gasteiger partial charge in [0.25, 0.3) is 5.91 Å². The van der Waals surface area contributed by atoms with Gasteiger partial charge < -0.3 is 9.47 Å². The van der Waals surface area contributed by atoms with Crippen LogP contribution in [0, 0.1) is 0 Å². The highest BCUT2D eigenvalue weighted by Crippen LogP contribution is 2.29. The molecule has 1 aliphatic rings. The van der Waals surface area contributed by atoms with Crippen LogP contribution in [-0.4, -0.2) is 37.1 Å². The van der Waals surface area contributed by atoms with Crippen LogP contribution in [0.2, 0.25) is 5.02 Å². The summed E-state index contributed by atoms with van der Waals surface area (Å²) in [4.78, 5) is 17.5. The van der Waals surface area contributed by atoms with Crippen molar-refractivity contribution in [2.45, 2.75) is 19.3 Å². The van der Waals surface area contributed by atoms with Crippen molar-refractivity contribution in [1.82, 2.24) is 24.6 Å². The Morgan fingerprint density at radius 2 is 2.05 bits per heavy atom. The van der Waals surface area contributed by atoms with Crippen LogP contribution in [0.1, 0.15) is 22.0 Å². The molecule has 0 saturated carbocycles. The summed E-state index contributed by atoms with van der Waals surface area (Å²) in [6, 6.07) is 1.46. The van der Waals surface area contributed by atoms with E-state index in [-0.39, 0.29) is 42.0 Å². The van der Waals surface area contributed by atoms with E-state index in [9.17, 15) is 18.0 Å². The molecule has 2 aromatic heterocycles. The molecule has 10 heteroatoms. The van der Waals surface area contributed by atoms with E-state index in [1.807, 2.05) is 0 Å². The lowest BCUT2D eigenvalue weighted by atomic mass is 10.2. The zero-order chi connectivity index (χ0) is 15.9. The minimum atomic E-state index is -4.56. The van der Waals surface area contributed by atoms with Crippen LogP contribution in [0.3, 0.4) is 0 Å². The molecule has 6 nitrogen and oxygen atoms in total. The van der Waals surface area contributed by atoms with Crippen LogP contribution in [0.15, 0.2) is 18.5 Å². The second-order valence-corrected chi connectivity index (χ2v) is 5.08. The molecule has 0 aromatic carbocycles.